The number of amides is 1. The van der Waals surface area contributed by atoms with E-state index in [2.05, 4.69) is 32.9 Å². The van der Waals surface area contributed by atoms with Crippen molar-refractivity contribution in [3.05, 3.63) is 83.1 Å². The first kappa shape index (κ1) is 31.0. The monoisotopic (exact) mass is 621 g/mol. The number of carbonyl (C=O) groups is 1. The number of hydrogen-bond acceptors (Lipinski definition) is 9. The third-order valence-corrected chi connectivity index (χ3v) is 8.97. The number of hydrogen-bond donors (Lipinski definition) is 1. The lowest BCUT2D eigenvalue weighted by atomic mass is 9.96. The Labute approximate surface area is 267 Å². The van der Waals surface area contributed by atoms with Gasteiger partial charge in [0.25, 0.3) is 5.91 Å². The highest BCUT2D eigenvalue weighted by Gasteiger charge is 2.33. The molecule has 2 aliphatic heterocycles. The van der Waals surface area contributed by atoms with E-state index in [-0.39, 0.29) is 35.6 Å². The zero-order valence-corrected chi connectivity index (χ0v) is 26.5. The Bertz CT molecular complexity index is 1850. The Balaban J connectivity index is 1.28. The van der Waals surface area contributed by atoms with Gasteiger partial charge >= 0.3 is 5.69 Å². The fourth-order valence-electron chi connectivity index (χ4n) is 6.41. The van der Waals surface area contributed by atoms with E-state index in [9.17, 15) is 14.9 Å². The SMILES string of the molecule is CN1CCN(C(C)(C)C=C(C#N)C(=O)N2CCCC(n3c(=O)n(-c4ccc(Oc5ccccc5)cc4)c4c(N)ncnc43)C2)CC1. The molecule has 4 aromatic rings. The fourth-order valence-corrected chi connectivity index (χ4v) is 6.41. The molecule has 12 nitrogen and oxygen atoms in total. The van der Waals surface area contributed by atoms with Gasteiger partial charge in [-0.1, -0.05) is 18.2 Å². The maximum absolute atomic E-state index is 14.2. The Morgan fingerprint density at radius 3 is 2.41 bits per heavy atom. The van der Waals surface area contributed by atoms with Crippen LogP contribution < -0.4 is 16.2 Å². The van der Waals surface area contributed by atoms with Gasteiger partial charge in [-0.25, -0.2) is 14.8 Å². The number of benzene rings is 2. The molecule has 0 bridgehead atoms. The number of rotatable bonds is 7. The minimum Gasteiger partial charge on any atom is -0.457 e. The van der Waals surface area contributed by atoms with Crippen molar-refractivity contribution in [1.82, 2.24) is 33.8 Å². The molecular formula is C34H39N9O3. The van der Waals surface area contributed by atoms with Crippen molar-refractivity contribution in [1.29, 1.82) is 5.26 Å². The molecule has 1 unspecified atom stereocenters. The van der Waals surface area contributed by atoms with Crippen molar-refractivity contribution in [2.75, 3.05) is 52.0 Å². The molecule has 2 aromatic carbocycles. The van der Waals surface area contributed by atoms with Gasteiger partial charge in [-0.2, -0.15) is 5.26 Å². The van der Waals surface area contributed by atoms with Crippen LogP contribution in [0, 0.1) is 11.3 Å². The van der Waals surface area contributed by atoms with Crippen LogP contribution in [0.1, 0.15) is 32.7 Å². The van der Waals surface area contributed by atoms with E-state index in [0.29, 0.717) is 47.7 Å². The van der Waals surface area contributed by atoms with Gasteiger partial charge in [-0.05, 0) is 76.2 Å². The van der Waals surface area contributed by atoms with Crippen molar-refractivity contribution in [3.63, 3.8) is 0 Å². The van der Waals surface area contributed by atoms with E-state index in [0.717, 1.165) is 26.2 Å². The van der Waals surface area contributed by atoms with Crippen molar-refractivity contribution in [2.24, 2.45) is 0 Å². The maximum atomic E-state index is 14.2. The zero-order chi connectivity index (χ0) is 32.4. The lowest BCUT2D eigenvalue weighted by Crippen LogP contribution is -2.53. The average molecular weight is 622 g/mol. The number of nitriles is 1. The smallest absolute Gasteiger partial charge is 0.335 e. The van der Waals surface area contributed by atoms with E-state index in [1.165, 1.54) is 10.9 Å². The van der Waals surface area contributed by atoms with E-state index in [4.69, 9.17) is 10.5 Å². The highest BCUT2D eigenvalue weighted by Crippen LogP contribution is 2.30. The number of ether oxygens (including phenoxy) is 1. The van der Waals surface area contributed by atoms with Crippen LogP contribution in [0.25, 0.3) is 16.9 Å². The fraction of sp³-hybridized carbons (Fsp3) is 0.382. The number of piperazine rings is 1. The number of imidazole rings is 1. The first-order valence-electron chi connectivity index (χ1n) is 15.6. The Hall–Kier alpha value is -4.99. The largest absolute Gasteiger partial charge is 0.457 e. The van der Waals surface area contributed by atoms with Crippen LogP contribution >= 0.6 is 0 Å². The summed E-state index contributed by atoms with van der Waals surface area (Å²) in [6.45, 7) is 8.43. The number of nitrogens with two attached hydrogens (primary N) is 1. The second-order valence-corrected chi connectivity index (χ2v) is 12.5. The minimum atomic E-state index is -0.461. The lowest BCUT2D eigenvalue weighted by Gasteiger charge is -2.42. The van der Waals surface area contributed by atoms with Crippen molar-refractivity contribution < 1.29 is 9.53 Å². The predicted octanol–water partition coefficient (Wildman–Crippen LogP) is 3.60. The van der Waals surface area contributed by atoms with Crippen LogP contribution in [0.4, 0.5) is 5.82 Å². The van der Waals surface area contributed by atoms with Gasteiger partial charge in [-0.15, -0.1) is 0 Å². The van der Waals surface area contributed by atoms with Crippen molar-refractivity contribution in [2.45, 2.75) is 38.3 Å². The summed E-state index contributed by atoms with van der Waals surface area (Å²) >= 11 is 0. The zero-order valence-electron chi connectivity index (χ0n) is 26.5. The molecule has 238 valence electrons. The second kappa shape index (κ2) is 12.8. The van der Waals surface area contributed by atoms with E-state index < -0.39 is 5.54 Å². The first-order chi connectivity index (χ1) is 22.2. The normalized spacial score (nSPS) is 18.4. The van der Waals surface area contributed by atoms with Gasteiger partial charge in [-0.3, -0.25) is 18.8 Å². The highest BCUT2D eigenvalue weighted by molar-refractivity contribution is 5.97. The molecule has 2 fully saturated rings. The third-order valence-electron chi connectivity index (χ3n) is 8.97. The number of piperidine rings is 1. The Morgan fingerprint density at radius 2 is 1.72 bits per heavy atom. The second-order valence-electron chi connectivity index (χ2n) is 12.5. The summed E-state index contributed by atoms with van der Waals surface area (Å²) in [6.07, 6.45) is 4.47. The van der Waals surface area contributed by atoms with E-state index in [1.54, 1.807) is 39.8 Å². The Morgan fingerprint density at radius 1 is 1.02 bits per heavy atom. The summed E-state index contributed by atoms with van der Waals surface area (Å²) in [7, 11) is 2.10. The van der Waals surface area contributed by atoms with Gasteiger partial charge in [0, 0.05) is 44.8 Å². The molecule has 1 amide bonds. The molecule has 4 heterocycles. The number of carbonyl (C=O) groups excluding carboxylic acids is 1. The number of anilines is 1. The summed E-state index contributed by atoms with van der Waals surface area (Å²) < 4.78 is 9.06. The van der Waals surface area contributed by atoms with Crippen molar-refractivity contribution in [3.8, 4) is 23.3 Å². The van der Waals surface area contributed by atoms with Crippen LogP contribution in [0.3, 0.4) is 0 Å². The van der Waals surface area contributed by atoms with Crippen LogP contribution in [0.5, 0.6) is 11.5 Å². The number of nitrogens with zero attached hydrogens (tertiary/aromatic N) is 8. The predicted molar refractivity (Wildman–Crippen MR) is 176 cm³/mol. The van der Waals surface area contributed by atoms with E-state index in [1.807, 2.05) is 44.2 Å². The average Bonchev–Trinajstić information content (AvgIpc) is 3.37. The summed E-state index contributed by atoms with van der Waals surface area (Å²) in [5.74, 6) is 1.18. The van der Waals surface area contributed by atoms with E-state index >= 15 is 0 Å². The minimum absolute atomic E-state index is 0.115. The molecule has 2 saturated heterocycles. The molecule has 6 rings (SSSR count). The molecule has 46 heavy (non-hydrogen) atoms. The highest BCUT2D eigenvalue weighted by atomic mass is 16.5. The van der Waals surface area contributed by atoms with Gasteiger partial charge < -0.3 is 20.3 Å². The number of likely N-dealkylation sites (N-methyl/N-ethyl adjacent to an activating group) is 1. The van der Waals surface area contributed by atoms with Crippen LogP contribution in [-0.4, -0.2) is 91.6 Å². The molecule has 0 aliphatic carbocycles. The van der Waals surface area contributed by atoms with Gasteiger partial charge in [0.15, 0.2) is 11.5 Å². The van der Waals surface area contributed by atoms with Gasteiger partial charge in [0.05, 0.1) is 11.7 Å². The Kier molecular flexibility index (Phi) is 8.62. The van der Waals surface area contributed by atoms with Gasteiger partial charge in [0.1, 0.15) is 35.0 Å². The lowest BCUT2D eigenvalue weighted by molar-refractivity contribution is -0.128. The molecule has 12 heteroatoms. The maximum Gasteiger partial charge on any atom is 0.335 e. The summed E-state index contributed by atoms with van der Waals surface area (Å²) in [5.41, 5.74) is 7.04. The molecule has 1 atom stereocenters. The number of aromatic nitrogens is 4. The standard InChI is InChI=1S/C34H39N9O3/c1-34(2,41-18-16-39(3)17-19-41)20-24(21-35)32(44)40-15-7-8-26(22-40)43-31-29(30(36)37-23-38-31)42(33(43)45)25-11-13-28(14-12-25)46-27-9-5-4-6-10-27/h4-6,9-14,20,23,26H,7-8,15-19,22H2,1-3H3,(H2,36,37,38). The number of nitrogen functional groups attached to an aromatic ring is 1. The first-order valence-corrected chi connectivity index (χ1v) is 15.6. The molecule has 2 aromatic heterocycles. The summed E-state index contributed by atoms with van der Waals surface area (Å²) in [4.78, 5) is 42.8. The third kappa shape index (κ3) is 6.11. The number of likely N-dealkylation sites (tertiary alicyclic amines) is 1. The quantitative estimate of drug-likeness (QED) is 0.242. The molecule has 0 saturated carbocycles. The number of para-hydroxylation sites is 1. The van der Waals surface area contributed by atoms with Crippen LogP contribution in [0.15, 0.2) is 77.4 Å². The topological polar surface area (TPSA) is 139 Å². The van der Waals surface area contributed by atoms with Crippen LogP contribution in [-0.2, 0) is 4.79 Å². The summed E-state index contributed by atoms with van der Waals surface area (Å²) in [5, 5.41) is 10.1. The molecular weight excluding hydrogens is 582 g/mol. The van der Waals surface area contributed by atoms with Gasteiger partial charge in [0.2, 0.25) is 0 Å². The van der Waals surface area contributed by atoms with Crippen LogP contribution in [0.2, 0.25) is 0 Å². The molecule has 2 aliphatic rings. The molecule has 0 radical (unpaired) electrons. The summed E-state index contributed by atoms with van der Waals surface area (Å²) in [6, 6.07) is 18.4. The molecule has 2 N–H and O–H groups in total. The number of fused-ring (bicyclic) bond motifs is 1. The van der Waals surface area contributed by atoms with Crippen molar-refractivity contribution >= 4 is 22.9 Å². The molecule has 0 spiro atoms.